The van der Waals surface area contributed by atoms with E-state index in [2.05, 4.69) is 10.3 Å². The van der Waals surface area contributed by atoms with Crippen molar-refractivity contribution in [3.63, 3.8) is 0 Å². The van der Waals surface area contributed by atoms with Crippen molar-refractivity contribution in [1.29, 1.82) is 0 Å². The Kier molecular flexibility index (Phi) is 4.67. The first-order chi connectivity index (χ1) is 9.49. The van der Waals surface area contributed by atoms with Gasteiger partial charge in [-0.2, -0.15) is 0 Å². The van der Waals surface area contributed by atoms with E-state index < -0.39 is 0 Å². The monoisotopic (exact) mass is 293 g/mol. The maximum atomic E-state index is 10.7. The Morgan fingerprint density at radius 2 is 2.30 bits per heavy atom. The first kappa shape index (κ1) is 14.9. The quantitative estimate of drug-likeness (QED) is 0.504. The SMILES string of the molecule is CC(C)(C)OC(CSc1cccc2nccn12)NC=O. The first-order valence-corrected chi connectivity index (χ1v) is 7.40. The molecule has 0 aliphatic rings. The number of aromatic nitrogens is 2. The summed E-state index contributed by atoms with van der Waals surface area (Å²) in [7, 11) is 0. The van der Waals surface area contributed by atoms with Crippen molar-refractivity contribution < 1.29 is 9.53 Å². The molecule has 0 aliphatic carbocycles. The van der Waals surface area contributed by atoms with Crippen molar-refractivity contribution >= 4 is 23.8 Å². The molecule has 5 nitrogen and oxygen atoms in total. The van der Waals surface area contributed by atoms with Crippen LogP contribution in [0.2, 0.25) is 0 Å². The molecule has 1 N–H and O–H groups in total. The van der Waals surface area contributed by atoms with Crippen LogP contribution >= 0.6 is 11.8 Å². The predicted octanol–water partition coefficient (Wildman–Crippen LogP) is 2.31. The highest BCUT2D eigenvalue weighted by Crippen LogP contribution is 2.21. The lowest BCUT2D eigenvalue weighted by molar-refractivity contribution is -0.117. The fraction of sp³-hybridized carbons (Fsp3) is 0.429. The Balaban J connectivity index is 2.05. The van der Waals surface area contributed by atoms with Crippen LogP contribution in [0.15, 0.2) is 35.6 Å². The van der Waals surface area contributed by atoms with Gasteiger partial charge in [-0.05, 0) is 32.9 Å². The molecule has 0 aliphatic heterocycles. The number of carbonyl (C=O) groups is 1. The second-order valence-electron chi connectivity index (χ2n) is 5.33. The standard InChI is InChI=1S/C14H19N3O2S/c1-14(2,3)19-12(16-10-18)9-20-13-6-4-5-11-15-7-8-17(11)13/h4-8,10,12H,9H2,1-3H3,(H,16,18). The van der Waals surface area contributed by atoms with Crippen LogP contribution in [0.5, 0.6) is 0 Å². The summed E-state index contributed by atoms with van der Waals surface area (Å²) in [4.78, 5) is 14.9. The summed E-state index contributed by atoms with van der Waals surface area (Å²) in [6.07, 6.45) is 4.04. The van der Waals surface area contributed by atoms with E-state index in [0.29, 0.717) is 12.2 Å². The van der Waals surface area contributed by atoms with Crippen molar-refractivity contribution in [2.75, 3.05) is 5.75 Å². The number of hydrogen-bond donors (Lipinski definition) is 1. The molecule has 20 heavy (non-hydrogen) atoms. The van der Waals surface area contributed by atoms with Gasteiger partial charge in [-0.15, -0.1) is 11.8 Å². The predicted molar refractivity (Wildman–Crippen MR) is 79.7 cm³/mol. The van der Waals surface area contributed by atoms with E-state index in [0.717, 1.165) is 10.7 Å². The molecule has 1 amide bonds. The van der Waals surface area contributed by atoms with Crippen LogP contribution in [0.25, 0.3) is 5.65 Å². The molecule has 0 saturated carbocycles. The van der Waals surface area contributed by atoms with Gasteiger partial charge >= 0.3 is 0 Å². The van der Waals surface area contributed by atoms with E-state index in [-0.39, 0.29) is 11.8 Å². The third-order valence-electron chi connectivity index (χ3n) is 2.52. The van der Waals surface area contributed by atoms with Crippen LogP contribution in [-0.4, -0.2) is 33.4 Å². The van der Waals surface area contributed by atoms with Gasteiger partial charge in [0.05, 0.1) is 10.6 Å². The van der Waals surface area contributed by atoms with Crippen molar-refractivity contribution in [2.24, 2.45) is 0 Å². The summed E-state index contributed by atoms with van der Waals surface area (Å²) < 4.78 is 7.82. The number of rotatable bonds is 6. The number of pyridine rings is 1. The summed E-state index contributed by atoms with van der Waals surface area (Å²) in [5.74, 6) is 0.632. The van der Waals surface area contributed by atoms with E-state index in [9.17, 15) is 4.79 Å². The third kappa shape index (κ3) is 3.98. The molecule has 6 heteroatoms. The maximum absolute atomic E-state index is 10.7. The van der Waals surface area contributed by atoms with Crippen LogP contribution in [-0.2, 0) is 9.53 Å². The minimum atomic E-state index is -0.323. The molecule has 0 saturated heterocycles. The van der Waals surface area contributed by atoms with Gasteiger partial charge in [0.1, 0.15) is 11.9 Å². The number of ether oxygens (including phenoxy) is 1. The smallest absolute Gasteiger partial charge is 0.209 e. The Morgan fingerprint density at radius 3 is 3.00 bits per heavy atom. The maximum Gasteiger partial charge on any atom is 0.209 e. The van der Waals surface area contributed by atoms with Gasteiger partial charge in [-0.3, -0.25) is 9.20 Å². The largest absolute Gasteiger partial charge is 0.352 e. The topological polar surface area (TPSA) is 55.6 Å². The van der Waals surface area contributed by atoms with Gasteiger partial charge < -0.3 is 10.1 Å². The van der Waals surface area contributed by atoms with E-state index in [1.807, 2.05) is 49.6 Å². The molecule has 1 unspecified atom stereocenters. The van der Waals surface area contributed by atoms with Crippen molar-refractivity contribution in [1.82, 2.24) is 14.7 Å². The summed E-state index contributed by atoms with van der Waals surface area (Å²) in [6.45, 7) is 5.90. The molecule has 2 rings (SSSR count). The van der Waals surface area contributed by atoms with Crippen LogP contribution in [0, 0.1) is 0 Å². The van der Waals surface area contributed by atoms with Crippen molar-refractivity contribution in [3.8, 4) is 0 Å². The molecule has 2 heterocycles. The zero-order valence-electron chi connectivity index (χ0n) is 11.9. The molecule has 1 atom stereocenters. The van der Waals surface area contributed by atoms with Crippen molar-refractivity contribution in [2.45, 2.75) is 37.6 Å². The van der Waals surface area contributed by atoms with Gasteiger partial charge in [0, 0.05) is 18.1 Å². The molecular formula is C14H19N3O2S. The highest BCUT2D eigenvalue weighted by atomic mass is 32.2. The molecule has 2 aromatic heterocycles. The number of imidazole rings is 1. The average Bonchev–Trinajstić information content (AvgIpc) is 2.83. The third-order valence-corrected chi connectivity index (χ3v) is 3.62. The van der Waals surface area contributed by atoms with Gasteiger partial charge in [0.15, 0.2) is 0 Å². The highest BCUT2D eigenvalue weighted by molar-refractivity contribution is 7.99. The summed E-state index contributed by atoms with van der Waals surface area (Å²) in [5, 5.41) is 3.77. The normalized spacial score (nSPS) is 13.3. The highest BCUT2D eigenvalue weighted by Gasteiger charge is 2.18. The minimum absolute atomic E-state index is 0.303. The zero-order valence-corrected chi connectivity index (χ0v) is 12.7. The summed E-state index contributed by atoms with van der Waals surface area (Å²) >= 11 is 1.62. The lowest BCUT2D eigenvalue weighted by Gasteiger charge is -2.26. The van der Waals surface area contributed by atoms with Crippen molar-refractivity contribution in [3.05, 3.63) is 30.6 Å². The Labute approximate surface area is 122 Å². The second kappa shape index (κ2) is 6.28. The molecule has 0 aromatic carbocycles. The molecule has 2 aromatic rings. The fourth-order valence-corrected chi connectivity index (χ4v) is 2.77. The lowest BCUT2D eigenvalue weighted by Crippen LogP contribution is -2.39. The molecule has 0 spiro atoms. The Hall–Kier alpha value is -1.53. The molecular weight excluding hydrogens is 274 g/mol. The average molecular weight is 293 g/mol. The molecule has 0 bridgehead atoms. The molecule has 0 radical (unpaired) electrons. The zero-order chi connectivity index (χ0) is 14.6. The van der Waals surface area contributed by atoms with Gasteiger partial charge in [-0.1, -0.05) is 6.07 Å². The number of fused-ring (bicyclic) bond motifs is 1. The number of nitrogens with one attached hydrogen (secondary N) is 1. The molecule has 108 valence electrons. The minimum Gasteiger partial charge on any atom is -0.352 e. The number of thioether (sulfide) groups is 1. The number of amides is 1. The van der Waals surface area contributed by atoms with Crippen LogP contribution in [0.4, 0.5) is 0 Å². The van der Waals surface area contributed by atoms with Gasteiger partial charge in [-0.25, -0.2) is 4.98 Å². The number of nitrogens with zero attached hydrogens (tertiary/aromatic N) is 2. The van der Waals surface area contributed by atoms with Gasteiger partial charge in [0.25, 0.3) is 0 Å². The van der Waals surface area contributed by atoms with Crippen LogP contribution in [0.1, 0.15) is 20.8 Å². The molecule has 0 fully saturated rings. The fourth-order valence-electron chi connectivity index (χ4n) is 1.82. The summed E-state index contributed by atoms with van der Waals surface area (Å²) in [6, 6.07) is 5.95. The lowest BCUT2D eigenvalue weighted by atomic mass is 10.2. The Bertz CT molecular complexity index is 577. The van der Waals surface area contributed by atoms with E-state index >= 15 is 0 Å². The van der Waals surface area contributed by atoms with E-state index in [4.69, 9.17) is 4.74 Å². The number of hydrogen-bond acceptors (Lipinski definition) is 4. The van der Waals surface area contributed by atoms with Crippen LogP contribution in [0.3, 0.4) is 0 Å². The van der Waals surface area contributed by atoms with E-state index in [1.165, 1.54) is 0 Å². The van der Waals surface area contributed by atoms with E-state index in [1.54, 1.807) is 18.0 Å². The van der Waals surface area contributed by atoms with Crippen LogP contribution < -0.4 is 5.32 Å². The second-order valence-corrected chi connectivity index (χ2v) is 6.37. The first-order valence-electron chi connectivity index (χ1n) is 6.42. The number of carbonyl (C=O) groups excluding carboxylic acids is 1. The Morgan fingerprint density at radius 1 is 1.50 bits per heavy atom. The summed E-state index contributed by atoms with van der Waals surface area (Å²) in [5.41, 5.74) is 0.606. The van der Waals surface area contributed by atoms with Gasteiger partial charge in [0.2, 0.25) is 6.41 Å².